The van der Waals surface area contributed by atoms with Crippen LogP contribution in [0.4, 0.5) is 10.2 Å². The van der Waals surface area contributed by atoms with Crippen LogP contribution in [0, 0.1) is 24.1 Å². The van der Waals surface area contributed by atoms with Crippen molar-refractivity contribution in [1.29, 1.82) is 5.26 Å². The minimum Gasteiger partial charge on any atom is -0.384 e. The van der Waals surface area contributed by atoms with Crippen LogP contribution in [-0.4, -0.2) is 9.97 Å². The molecule has 0 saturated carbocycles. The Balaban J connectivity index is 2.16. The van der Waals surface area contributed by atoms with Crippen molar-refractivity contribution in [2.75, 3.05) is 5.73 Å². The summed E-state index contributed by atoms with van der Waals surface area (Å²) in [4.78, 5) is 8.27. The molecule has 2 aromatic rings. The van der Waals surface area contributed by atoms with Gasteiger partial charge in [0.1, 0.15) is 11.6 Å². The van der Waals surface area contributed by atoms with E-state index >= 15 is 0 Å². The first kappa shape index (κ1) is 13.3. The van der Waals surface area contributed by atoms with Gasteiger partial charge in [0.25, 0.3) is 0 Å². The maximum absolute atomic E-state index is 13.6. The van der Waals surface area contributed by atoms with E-state index in [9.17, 15) is 4.39 Å². The van der Waals surface area contributed by atoms with Crippen molar-refractivity contribution in [2.24, 2.45) is 0 Å². The van der Waals surface area contributed by atoms with Gasteiger partial charge in [0, 0.05) is 17.5 Å². The van der Waals surface area contributed by atoms with Gasteiger partial charge in [-0.1, -0.05) is 11.8 Å². The van der Waals surface area contributed by atoms with Gasteiger partial charge in [-0.3, -0.25) is 0 Å². The summed E-state index contributed by atoms with van der Waals surface area (Å²) < 4.78 is 13.6. The summed E-state index contributed by atoms with van der Waals surface area (Å²) in [6.45, 7) is 1.82. The van der Waals surface area contributed by atoms with Crippen LogP contribution in [0.5, 0.6) is 0 Å². The van der Waals surface area contributed by atoms with Crippen molar-refractivity contribution >= 4 is 17.6 Å². The smallest absolute Gasteiger partial charge is 0.190 e. The third kappa shape index (κ3) is 3.42. The zero-order valence-electron chi connectivity index (χ0n) is 10.2. The SMILES string of the molecule is Cc1cc(N)nc(SCc2cc(C#N)ccc2F)n1. The molecule has 0 radical (unpaired) electrons. The Morgan fingerprint density at radius 1 is 1.37 bits per heavy atom. The summed E-state index contributed by atoms with van der Waals surface area (Å²) in [6, 6.07) is 7.92. The molecule has 4 nitrogen and oxygen atoms in total. The first-order valence-electron chi connectivity index (χ1n) is 5.51. The molecule has 0 saturated heterocycles. The predicted molar refractivity (Wildman–Crippen MR) is 71.9 cm³/mol. The van der Waals surface area contributed by atoms with Gasteiger partial charge >= 0.3 is 0 Å². The van der Waals surface area contributed by atoms with Crippen LogP contribution in [0.25, 0.3) is 0 Å². The quantitative estimate of drug-likeness (QED) is 0.688. The van der Waals surface area contributed by atoms with E-state index in [0.29, 0.717) is 27.9 Å². The van der Waals surface area contributed by atoms with E-state index in [4.69, 9.17) is 11.0 Å². The Hall–Kier alpha value is -2.13. The zero-order chi connectivity index (χ0) is 13.8. The molecule has 0 aliphatic heterocycles. The second-order valence-corrected chi connectivity index (χ2v) is 4.87. The van der Waals surface area contributed by atoms with Crippen LogP contribution >= 0.6 is 11.8 Å². The van der Waals surface area contributed by atoms with Crippen LogP contribution in [0.1, 0.15) is 16.8 Å². The van der Waals surface area contributed by atoms with Gasteiger partial charge in [-0.25, -0.2) is 14.4 Å². The Kier molecular flexibility index (Phi) is 3.97. The molecule has 0 bridgehead atoms. The van der Waals surface area contributed by atoms with Crippen LogP contribution in [0.3, 0.4) is 0 Å². The average Bonchev–Trinajstić information content (AvgIpc) is 2.37. The number of aryl methyl sites for hydroxylation is 1. The molecule has 1 aromatic carbocycles. The molecule has 1 heterocycles. The van der Waals surface area contributed by atoms with Crippen LogP contribution in [-0.2, 0) is 5.75 Å². The first-order chi connectivity index (χ1) is 9.08. The van der Waals surface area contributed by atoms with Gasteiger partial charge < -0.3 is 5.73 Å². The lowest BCUT2D eigenvalue weighted by atomic mass is 10.1. The van der Waals surface area contributed by atoms with Crippen LogP contribution in [0.15, 0.2) is 29.4 Å². The average molecular weight is 274 g/mol. The number of nitrogens with two attached hydrogens (primary N) is 1. The Morgan fingerprint density at radius 3 is 2.84 bits per heavy atom. The highest BCUT2D eigenvalue weighted by molar-refractivity contribution is 7.98. The maximum Gasteiger partial charge on any atom is 0.190 e. The van der Waals surface area contributed by atoms with Crippen molar-refractivity contribution in [3.8, 4) is 6.07 Å². The number of nitrogen functional groups attached to an aromatic ring is 1. The number of aromatic nitrogens is 2. The zero-order valence-corrected chi connectivity index (χ0v) is 11.0. The molecule has 2 N–H and O–H groups in total. The molecule has 0 aliphatic rings. The minimum atomic E-state index is -0.341. The predicted octanol–water partition coefficient (Wildman–Crippen LogP) is 2.67. The fourth-order valence-electron chi connectivity index (χ4n) is 1.53. The number of halogens is 1. The number of nitrogens with zero attached hydrogens (tertiary/aromatic N) is 3. The molecule has 6 heteroatoms. The van der Waals surface area contributed by atoms with Gasteiger partial charge in [-0.2, -0.15) is 5.26 Å². The molecular weight excluding hydrogens is 263 g/mol. The summed E-state index contributed by atoms with van der Waals surface area (Å²) in [7, 11) is 0. The highest BCUT2D eigenvalue weighted by atomic mass is 32.2. The van der Waals surface area contributed by atoms with Crippen molar-refractivity contribution in [1.82, 2.24) is 9.97 Å². The summed E-state index contributed by atoms with van der Waals surface area (Å²) in [5.74, 6) is 0.401. The van der Waals surface area contributed by atoms with Crippen LogP contribution < -0.4 is 5.73 Å². The normalized spacial score (nSPS) is 10.2. The van der Waals surface area contributed by atoms with Gasteiger partial charge in [0.05, 0.1) is 11.6 Å². The summed E-state index contributed by atoms with van der Waals surface area (Å²) in [6.07, 6.45) is 0. The molecule has 0 unspecified atom stereocenters. The van der Waals surface area contributed by atoms with Gasteiger partial charge in [0.15, 0.2) is 5.16 Å². The Labute approximate surface area is 114 Å². The Morgan fingerprint density at radius 2 is 2.16 bits per heavy atom. The van der Waals surface area contributed by atoms with E-state index < -0.39 is 0 Å². The topological polar surface area (TPSA) is 75.6 Å². The summed E-state index contributed by atoms with van der Waals surface area (Å²) in [5, 5.41) is 9.29. The second kappa shape index (κ2) is 5.67. The third-order valence-corrected chi connectivity index (χ3v) is 3.28. The number of hydrogen-bond donors (Lipinski definition) is 1. The lowest BCUT2D eigenvalue weighted by Gasteiger charge is -2.04. The van der Waals surface area contributed by atoms with E-state index in [-0.39, 0.29) is 5.82 Å². The largest absolute Gasteiger partial charge is 0.384 e. The van der Waals surface area contributed by atoms with Crippen molar-refractivity contribution < 1.29 is 4.39 Å². The molecule has 96 valence electrons. The second-order valence-electron chi connectivity index (χ2n) is 3.92. The summed E-state index contributed by atoms with van der Waals surface area (Å²) in [5.41, 5.74) is 7.27. The fourth-order valence-corrected chi connectivity index (χ4v) is 2.41. The fraction of sp³-hybridized carbons (Fsp3) is 0.154. The van der Waals surface area contributed by atoms with Gasteiger partial charge in [-0.05, 0) is 30.7 Å². The molecule has 1 aromatic heterocycles. The van der Waals surface area contributed by atoms with E-state index in [2.05, 4.69) is 9.97 Å². The van der Waals surface area contributed by atoms with Gasteiger partial charge in [0.2, 0.25) is 0 Å². The molecule has 0 spiro atoms. The van der Waals surface area contributed by atoms with Crippen molar-refractivity contribution in [2.45, 2.75) is 17.8 Å². The lowest BCUT2D eigenvalue weighted by molar-refractivity contribution is 0.617. The van der Waals surface area contributed by atoms with Crippen molar-refractivity contribution in [3.63, 3.8) is 0 Å². The molecular formula is C13H11FN4S. The minimum absolute atomic E-state index is 0.341. The van der Waals surface area contributed by atoms with Crippen LogP contribution in [0.2, 0.25) is 0 Å². The van der Waals surface area contributed by atoms with Gasteiger partial charge in [-0.15, -0.1) is 0 Å². The number of rotatable bonds is 3. The highest BCUT2D eigenvalue weighted by Crippen LogP contribution is 2.22. The van der Waals surface area contributed by atoms with E-state index in [1.54, 1.807) is 6.07 Å². The third-order valence-electron chi connectivity index (χ3n) is 2.39. The lowest BCUT2D eigenvalue weighted by Crippen LogP contribution is -1.97. The molecule has 0 aliphatic carbocycles. The van der Waals surface area contributed by atoms with E-state index in [1.807, 2.05) is 13.0 Å². The Bertz CT molecular complexity index is 631. The molecule has 19 heavy (non-hydrogen) atoms. The monoisotopic (exact) mass is 274 g/mol. The number of anilines is 1. The number of hydrogen-bond acceptors (Lipinski definition) is 5. The number of nitriles is 1. The molecule has 0 amide bonds. The first-order valence-corrected chi connectivity index (χ1v) is 6.49. The number of benzene rings is 1. The van der Waals surface area contributed by atoms with E-state index in [1.165, 1.54) is 30.0 Å². The van der Waals surface area contributed by atoms with E-state index in [0.717, 1.165) is 5.69 Å². The summed E-state index contributed by atoms with van der Waals surface area (Å²) >= 11 is 1.28. The molecule has 0 atom stereocenters. The molecule has 0 fully saturated rings. The van der Waals surface area contributed by atoms with Crippen molar-refractivity contribution in [3.05, 3.63) is 46.9 Å². The number of thioether (sulfide) groups is 1. The highest BCUT2D eigenvalue weighted by Gasteiger charge is 2.07. The standard InChI is InChI=1S/C13H11FN4S/c1-8-4-12(16)18-13(17-8)19-7-10-5-9(6-15)2-3-11(10)14/h2-5H,7H2,1H3,(H2,16,17,18). The maximum atomic E-state index is 13.6. The molecule has 2 rings (SSSR count).